The maximum Gasteiger partial charge on any atom is 0.239 e. The molecule has 3 aromatic rings. The van der Waals surface area contributed by atoms with Crippen molar-refractivity contribution in [3.63, 3.8) is 0 Å². The van der Waals surface area contributed by atoms with Gasteiger partial charge in [0, 0.05) is 13.6 Å². The molecule has 0 fully saturated rings. The van der Waals surface area contributed by atoms with Gasteiger partial charge in [0.1, 0.15) is 5.75 Å². The molecule has 0 aliphatic rings. The number of nitrogens with zero attached hydrogens (tertiary/aromatic N) is 2. The number of ether oxygens (including phenoxy) is 1. The van der Waals surface area contributed by atoms with Crippen LogP contribution in [0.15, 0.2) is 36.4 Å². The van der Waals surface area contributed by atoms with Gasteiger partial charge in [0.05, 0.1) is 23.9 Å². The van der Waals surface area contributed by atoms with Crippen molar-refractivity contribution in [2.45, 2.75) is 20.3 Å². The molecule has 142 valence electrons. The second-order valence-corrected chi connectivity index (χ2v) is 7.66. The summed E-state index contributed by atoms with van der Waals surface area (Å²) in [6.07, 6.45) is 0.791. The van der Waals surface area contributed by atoms with Gasteiger partial charge in [-0.1, -0.05) is 35.6 Å². The Balaban J connectivity index is 1.54. The van der Waals surface area contributed by atoms with Crippen molar-refractivity contribution in [2.24, 2.45) is 0 Å². The Kier molecular flexibility index (Phi) is 5.96. The fraction of sp³-hybridized carbons (Fsp3) is 0.333. The summed E-state index contributed by atoms with van der Waals surface area (Å²) in [6, 6.07) is 12.1. The number of hydrogen-bond donors (Lipinski definition) is 1. The molecular formula is C21H25N3O2S. The van der Waals surface area contributed by atoms with Gasteiger partial charge < -0.3 is 15.0 Å². The fourth-order valence-corrected chi connectivity index (χ4v) is 3.96. The van der Waals surface area contributed by atoms with Crippen molar-refractivity contribution in [2.75, 3.05) is 32.1 Å². The van der Waals surface area contributed by atoms with Crippen molar-refractivity contribution in [3.8, 4) is 5.75 Å². The lowest BCUT2D eigenvalue weighted by molar-refractivity contribution is -0.119. The van der Waals surface area contributed by atoms with Gasteiger partial charge in [-0.05, 0) is 49.1 Å². The first-order valence-corrected chi connectivity index (χ1v) is 9.77. The number of thiazole rings is 1. The lowest BCUT2D eigenvalue weighted by atomic mass is 10.1. The monoisotopic (exact) mass is 383 g/mol. The molecule has 0 bridgehead atoms. The maximum absolute atomic E-state index is 12.3. The van der Waals surface area contributed by atoms with E-state index in [0.717, 1.165) is 28.4 Å². The standard InChI is InChI=1S/C21H25N3O2S/c1-14-5-6-15(2)20-19(14)23-21(27-20)24(3)13-18(25)22-12-11-16-7-9-17(26-4)10-8-16/h5-10H,11-13H2,1-4H3,(H,22,25). The fourth-order valence-electron chi connectivity index (χ4n) is 2.89. The number of likely N-dealkylation sites (N-methyl/N-ethyl adjacent to an activating group) is 1. The third kappa shape index (κ3) is 4.57. The Morgan fingerprint density at radius 2 is 1.85 bits per heavy atom. The van der Waals surface area contributed by atoms with E-state index >= 15 is 0 Å². The highest BCUT2D eigenvalue weighted by Crippen LogP contribution is 2.32. The lowest BCUT2D eigenvalue weighted by Crippen LogP contribution is -2.36. The van der Waals surface area contributed by atoms with E-state index in [0.29, 0.717) is 13.1 Å². The van der Waals surface area contributed by atoms with Crippen LogP contribution in [0.2, 0.25) is 0 Å². The zero-order valence-corrected chi connectivity index (χ0v) is 17.0. The van der Waals surface area contributed by atoms with Crippen LogP contribution in [0.5, 0.6) is 5.75 Å². The highest BCUT2D eigenvalue weighted by molar-refractivity contribution is 7.22. The van der Waals surface area contributed by atoms with Gasteiger partial charge in [-0.15, -0.1) is 0 Å². The van der Waals surface area contributed by atoms with Crippen LogP contribution in [0, 0.1) is 13.8 Å². The van der Waals surface area contributed by atoms with Crippen molar-refractivity contribution >= 4 is 32.6 Å². The second kappa shape index (κ2) is 8.39. The van der Waals surface area contributed by atoms with E-state index in [4.69, 9.17) is 9.72 Å². The minimum Gasteiger partial charge on any atom is -0.497 e. The van der Waals surface area contributed by atoms with Gasteiger partial charge in [-0.25, -0.2) is 4.98 Å². The molecule has 0 radical (unpaired) electrons. The third-order valence-electron chi connectivity index (χ3n) is 4.53. The summed E-state index contributed by atoms with van der Waals surface area (Å²) in [7, 11) is 3.56. The van der Waals surface area contributed by atoms with Crippen LogP contribution in [0.4, 0.5) is 5.13 Å². The largest absolute Gasteiger partial charge is 0.497 e. The number of benzene rings is 2. The number of carbonyl (C=O) groups excluding carboxylic acids is 1. The molecule has 6 heteroatoms. The number of aryl methyl sites for hydroxylation is 2. The molecule has 0 saturated carbocycles. The van der Waals surface area contributed by atoms with Gasteiger partial charge in [0.25, 0.3) is 0 Å². The van der Waals surface area contributed by atoms with Crippen LogP contribution in [-0.4, -0.2) is 38.1 Å². The quantitative estimate of drug-likeness (QED) is 0.676. The Morgan fingerprint density at radius 3 is 2.52 bits per heavy atom. The first-order valence-electron chi connectivity index (χ1n) is 8.95. The van der Waals surface area contributed by atoms with E-state index in [-0.39, 0.29) is 5.91 Å². The molecule has 1 N–H and O–H groups in total. The number of methoxy groups -OCH3 is 1. The average Bonchev–Trinajstić information content (AvgIpc) is 3.12. The second-order valence-electron chi connectivity index (χ2n) is 6.68. The van der Waals surface area contributed by atoms with Crippen molar-refractivity contribution in [1.29, 1.82) is 0 Å². The van der Waals surface area contributed by atoms with Crippen molar-refractivity contribution in [1.82, 2.24) is 10.3 Å². The molecule has 2 aromatic carbocycles. The van der Waals surface area contributed by atoms with Crippen LogP contribution >= 0.6 is 11.3 Å². The van der Waals surface area contributed by atoms with Crippen molar-refractivity contribution < 1.29 is 9.53 Å². The number of fused-ring (bicyclic) bond motifs is 1. The molecule has 0 aliphatic heterocycles. The first-order chi connectivity index (χ1) is 13.0. The summed E-state index contributed by atoms with van der Waals surface area (Å²) in [5.74, 6) is 0.837. The van der Waals surface area contributed by atoms with Gasteiger partial charge in [0.15, 0.2) is 5.13 Å². The molecular weight excluding hydrogens is 358 g/mol. The highest BCUT2D eigenvalue weighted by Gasteiger charge is 2.14. The molecule has 1 amide bonds. The zero-order chi connectivity index (χ0) is 19.4. The van der Waals surface area contributed by atoms with E-state index in [2.05, 4.69) is 31.3 Å². The lowest BCUT2D eigenvalue weighted by Gasteiger charge is -2.15. The summed E-state index contributed by atoms with van der Waals surface area (Å²) in [5.41, 5.74) is 4.58. The number of carbonyl (C=O) groups is 1. The normalized spacial score (nSPS) is 10.8. The highest BCUT2D eigenvalue weighted by atomic mass is 32.1. The number of rotatable bonds is 7. The molecule has 0 spiro atoms. The summed E-state index contributed by atoms with van der Waals surface area (Å²) in [6.45, 7) is 5.06. The molecule has 3 rings (SSSR count). The molecule has 1 heterocycles. The van der Waals surface area contributed by atoms with E-state index < -0.39 is 0 Å². The molecule has 0 atom stereocenters. The molecule has 0 aliphatic carbocycles. The number of anilines is 1. The zero-order valence-electron chi connectivity index (χ0n) is 16.2. The summed E-state index contributed by atoms with van der Waals surface area (Å²) >= 11 is 1.64. The topological polar surface area (TPSA) is 54.5 Å². The molecule has 0 unspecified atom stereocenters. The van der Waals surface area contributed by atoms with Gasteiger partial charge in [-0.3, -0.25) is 4.79 Å². The van der Waals surface area contributed by atoms with Gasteiger partial charge >= 0.3 is 0 Å². The number of hydrogen-bond acceptors (Lipinski definition) is 5. The summed E-state index contributed by atoms with van der Waals surface area (Å²) in [5, 5.41) is 3.85. The molecule has 27 heavy (non-hydrogen) atoms. The van der Waals surface area contributed by atoms with Crippen LogP contribution in [0.3, 0.4) is 0 Å². The SMILES string of the molecule is COc1ccc(CCNC(=O)CN(C)c2nc3c(C)ccc(C)c3s2)cc1. The number of nitrogens with one attached hydrogen (secondary N) is 1. The van der Waals surface area contributed by atoms with Crippen molar-refractivity contribution in [3.05, 3.63) is 53.1 Å². The maximum atomic E-state index is 12.3. The van der Waals surface area contributed by atoms with E-state index in [1.807, 2.05) is 36.2 Å². The Labute approximate surface area is 164 Å². The predicted molar refractivity (Wildman–Crippen MR) is 112 cm³/mol. The Hall–Kier alpha value is -2.60. The Morgan fingerprint density at radius 1 is 1.15 bits per heavy atom. The van der Waals surface area contributed by atoms with E-state index in [1.165, 1.54) is 15.8 Å². The first kappa shape index (κ1) is 19.2. The molecule has 0 saturated heterocycles. The average molecular weight is 384 g/mol. The molecule has 5 nitrogen and oxygen atoms in total. The summed E-state index contributed by atoms with van der Waals surface area (Å²) < 4.78 is 6.35. The Bertz CT molecular complexity index is 895. The predicted octanol–water partition coefficient (Wildman–Crippen LogP) is 3.72. The summed E-state index contributed by atoms with van der Waals surface area (Å²) in [4.78, 5) is 18.9. The van der Waals surface area contributed by atoms with Gasteiger partial charge in [0.2, 0.25) is 5.91 Å². The third-order valence-corrected chi connectivity index (χ3v) is 5.84. The van der Waals surface area contributed by atoms with E-state index in [1.54, 1.807) is 18.4 Å². The molecule has 1 aromatic heterocycles. The number of aromatic nitrogens is 1. The van der Waals surface area contributed by atoms with Gasteiger partial charge in [-0.2, -0.15) is 0 Å². The number of amides is 1. The smallest absolute Gasteiger partial charge is 0.239 e. The van der Waals surface area contributed by atoms with E-state index in [9.17, 15) is 4.79 Å². The minimum absolute atomic E-state index is 0.00119. The minimum atomic E-state index is -0.00119. The van der Waals surface area contributed by atoms with Crippen LogP contribution in [0.25, 0.3) is 10.2 Å². The van der Waals surface area contributed by atoms with Crippen LogP contribution in [0.1, 0.15) is 16.7 Å². The van der Waals surface area contributed by atoms with Crippen LogP contribution in [-0.2, 0) is 11.2 Å². The van der Waals surface area contributed by atoms with Crippen LogP contribution < -0.4 is 15.0 Å².